The van der Waals surface area contributed by atoms with Crippen LogP contribution in [0.25, 0.3) is 11.0 Å². The number of H-pyrrole nitrogens is 1. The molecule has 132 valence electrons. The van der Waals surface area contributed by atoms with Crippen molar-refractivity contribution in [2.75, 3.05) is 11.1 Å². The quantitative estimate of drug-likeness (QED) is 0.614. The van der Waals surface area contributed by atoms with Gasteiger partial charge in [0, 0.05) is 22.7 Å². The third kappa shape index (κ3) is 3.74. The predicted octanol–water partition coefficient (Wildman–Crippen LogP) is 3.55. The molecular weight excluding hydrogens is 381 g/mol. The highest BCUT2D eigenvalue weighted by Crippen LogP contribution is 2.35. The summed E-state index contributed by atoms with van der Waals surface area (Å²) >= 11 is 1.75. The molecule has 1 amide bonds. The van der Waals surface area contributed by atoms with Crippen LogP contribution in [0.3, 0.4) is 0 Å². The van der Waals surface area contributed by atoms with Crippen molar-refractivity contribution >= 4 is 59.2 Å². The highest BCUT2D eigenvalue weighted by molar-refractivity contribution is 7.99. The molecule has 0 spiro atoms. The van der Waals surface area contributed by atoms with Gasteiger partial charge >= 0.3 is 0 Å². The van der Waals surface area contributed by atoms with Gasteiger partial charge in [0.15, 0.2) is 5.65 Å². The van der Waals surface area contributed by atoms with E-state index in [-0.39, 0.29) is 36.8 Å². The zero-order valence-electron chi connectivity index (χ0n) is 13.1. The monoisotopic (exact) mass is 397 g/mol. The summed E-state index contributed by atoms with van der Waals surface area (Å²) in [6, 6.07) is 7.53. The minimum atomic E-state index is -0.152. The van der Waals surface area contributed by atoms with Crippen molar-refractivity contribution in [1.29, 1.82) is 0 Å². The maximum absolute atomic E-state index is 12.5. The van der Waals surface area contributed by atoms with E-state index in [1.54, 1.807) is 30.2 Å². The Morgan fingerprint density at radius 1 is 1.32 bits per heavy atom. The molecule has 0 bridgehead atoms. The van der Waals surface area contributed by atoms with Gasteiger partial charge in [0.05, 0.1) is 17.3 Å². The lowest BCUT2D eigenvalue weighted by Crippen LogP contribution is -2.17. The fourth-order valence-electron chi connectivity index (χ4n) is 2.71. The molecule has 1 atom stereocenters. The SMILES string of the molecule is Cl.Cl.N[C@H]1CCSc2cc(C(=O)Nc3ccnc4[nH]ncc34)ccc21. The van der Waals surface area contributed by atoms with E-state index in [0.717, 1.165) is 28.0 Å². The smallest absolute Gasteiger partial charge is 0.255 e. The molecule has 1 aliphatic heterocycles. The Bertz CT molecular complexity index is 901. The first-order valence-electron chi connectivity index (χ1n) is 7.34. The maximum Gasteiger partial charge on any atom is 0.255 e. The van der Waals surface area contributed by atoms with Gasteiger partial charge in [0.1, 0.15) is 0 Å². The molecule has 0 fully saturated rings. The predicted molar refractivity (Wildman–Crippen MR) is 105 cm³/mol. The summed E-state index contributed by atoms with van der Waals surface area (Å²) in [5.74, 6) is 0.834. The number of amides is 1. The van der Waals surface area contributed by atoms with Gasteiger partial charge in [-0.1, -0.05) is 6.07 Å². The van der Waals surface area contributed by atoms with E-state index >= 15 is 0 Å². The Morgan fingerprint density at radius 3 is 3.00 bits per heavy atom. The van der Waals surface area contributed by atoms with Crippen LogP contribution in [0.4, 0.5) is 5.69 Å². The number of aromatic amines is 1. The van der Waals surface area contributed by atoms with Gasteiger partial charge in [-0.05, 0) is 35.9 Å². The Kier molecular flexibility index (Phi) is 6.29. The van der Waals surface area contributed by atoms with Gasteiger partial charge in [0.2, 0.25) is 0 Å². The number of carbonyl (C=O) groups excluding carboxylic acids is 1. The normalized spacial score (nSPS) is 15.6. The van der Waals surface area contributed by atoms with Gasteiger partial charge in [0.25, 0.3) is 5.91 Å². The van der Waals surface area contributed by atoms with Gasteiger partial charge < -0.3 is 11.1 Å². The molecule has 6 nitrogen and oxygen atoms in total. The first-order valence-corrected chi connectivity index (χ1v) is 8.33. The number of aromatic nitrogens is 3. The van der Waals surface area contributed by atoms with Crippen LogP contribution in [-0.4, -0.2) is 26.8 Å². The van der Waals surface area contributed by atoms with E-state index in [4.69, 9.17) is 5.73 Å². The molecular formula is C16H17Cl2N5OS. The number of rotatable bonds is 2. The third-order valence-corrected chi connectivity index (χ3v) is 5.07. The molecule has 3 heterocycles. The van der Waals surface area contributed by atoms with Gasteiger partial charge in [-0.2, -0.15) is 5.10 Å². The molecule has 1 aliphatic rings. The van der Waals surface area contributed by atoms with E-state index < -0.39 is 0 Å². The summed E-state index contributed by atoms with van der Waals surface area (Å²) in [5.41, 5.74) is 9.20. The van der Waals surface area contributed by atoms with Crippen LogP contribution in [-0.2, 0) is 0 Å². The first kappa shape index (κ1) is 19.5. The fraction of sp³-hybridized carbons (Fsp3) is 0.188. The largest absolute Gasteiger partial charge is 0.324 e. The molecule has 25 heavy (non-hydrogen) atoms. The zero-order chi connectivity index (χ0) is 15.8. The highest BCUT2D eigenvalue weighted by Gasteiger charge is 2.19. The molecule has 0 radical (unpaired) electrons. The molecule has 2 aromatic heterocycles. The number of hydrogen-bond acceptors (Lipinski definition) is 5. The van der Waals surface area contributed by atoms with Crippen molar-refractivity contribution in [3.05, 3.63) is 47.8 Å². The molecule has 9 heteroatoms. The highest BCUT2D eigenvalue weighted by atomic mass is 35.5. The zero-order valence-corrected chi connectivity index (χ0v) is 15.5. The van der Waals surface area contributed by atoms with Gasteiger partial charge in [-0.25, -0.2) is 4.98 Å². The van der Waals surface area contributed by atoms with E-state index in [2.05, 4.69) is 20.5 Å². The number of anilines is 1. The number of halogens is 2. The summed E-state index contributed by atoms with van der Waals surface area (Å²) in [4.78, 5) is 17.8. The van der Waals surface area contributed by atoms with E-state index in [1.807, 2.05) is 18.2 Å². The molecule has 0 unspecified atom stereocenters. The average Bonchev–Trinajstić information content (AvgIpc) is 3.04. The van der Waals surface area contributed by atoms with E-state index in [0.29, 0.717) is 16.9 Å². The number of fused-ring (bicyclic) bond motifs is 2. The number of carbonyl (C=O) groups is 1. The number of nitrogens with zero attached hydrogens (tertiary/aromatic N) is 2. The van der Waals surface area contributed by atoms with Crippen LogP contribution >= 0.6 is 36.6 Å². The second kappa shape index (κ2) is 8.05. The first-order chi connectivity index (χ1) is 11.2. The lowest BCUT2D eigenvalue weighted by molar-refractivity contribution is 0.102. The number of benzene rings is 1. The lowest BCUT2D eigenvalue weighted by Gasteiger charge is -2.22. The van der Waals surface area contributed by atoms with Crippen molar-refractivity contribution in [1.82, 2.24) is 15.2 Å². The van der Waals surface area contributed by atoms with Crippen molar-refractivity contribution in [3.63, 3.8) is 0 Å². The molecule has 4 rings (SSSR count). The Hall–Kier alpha value is -1.80. The van der Waals surface area contributed by atoms with E-state index in [1.165, 1.54) is 0 Å². The Balaban J connectivity index is 0.00000113. The summed E-state index contributed by atoms with van der Waals surface area (Å²) in [6.45, 7) is 0. The van der Waals surface area contributed by atoms with Crippen LogP contribution in [0.1, 0.15) is 28.4 Å². The third-order valence-electron chi connectivity index (χ3n) is 3.96. The number of pyridine rings is 1. The average molecular weight is 398 g/mol. The van der Waals surface area contributed by atoms with Crippen molar-refractivity contribution < 1.29 is 4.79 Å². The number of thioether (sulfide) groups is 1. The van der Waals surface area contributed by atoms with Gasteiger partial charge in [-0.3, -0.25) is 9.89 Å². The van der Waals surface area contributed by atoms with Crippen molar-refractivity contribution in [2.24, 2.45) is 5.73 Å². The van der Waals surface area contributed by atoms with Crippen LogP contribution in [0.15, 0.2) is 41.6 Å². The molecule has 3 aromatic rings. The summed E-state index contributed by atoms with van der Waals surface area (Å²) in [6.07, 6.45) is 4.26. The lowest BCUT2D eigenvalue weighted by atomic mass is 10.0. The Morgan fingerprint density at radius 2 is 2.16 bits per heavy atom. The molecule has 0 aliphatic carbocycles. The second-order valence-corrected chi connectivity index (χ2v) is 6.58. The minimum absolute atomic E-state index is 0. The van der Waals surface area contributed by atoms with Crippen molar-refractivity contribution in [3.8, 4) is 0 Å². The van der Waals surface area contributed by atoms with Crippen LogP contribution < -0.4 is 11.1 Å². The Labute approximate surface area is 161 Å². The van der Waals surface area contributed by atoms with E-state index in [9.17, 15) is 4.79 Å². The number of hydrogen-bond donors (Lipinski definition) is 3. The molecule has 4 N–H and O–H groups in total. The topological polar surface area (TPSA) is 96.7 Å². The summed E-state index contributed by atoms with van der Waals surface area (Å²) < 4.78 is 0. The second-order valence-electron chi connectivity index (χ2n) is 5.44. The van der Waals surface area contributed by atoms with Crippen LogP contribution in [0.5, 0.6) is 0 Å². The fourth-order valence-corrected chi connectivity index (χ4v) is 3.90. The summed E-state index contributed by atoms with van der Waals surface area (Å²) in [5, 5.41) is 10.5. The van der Waals surface area contributed by atoms with Gasteiger partial charge in [-0.15, -0.1) is 36.6 Å². The van der Waals surface area contributed by atoms with Crippen LogP contribution in [0, 0.1) is 0 Å². The molecule has 0 saturated heterocycles. The minimum Gasteiger partial charge on any atom is -0.324 e. The van der Waals surface area contributed by atoms with Crippen molar-refractivity contribution in [2.45, 2.75) is 17.4 Å². The molecule has 1 aromatic carbocycles. The summed E-state index contributed by atoms with van der Waals surface area (Å²) in [7, 11) is 0. The number of nitrogens with two attached hydrogens (primary N) is 1. The maximum atomic E-state index is 12.5. The standard InChI is InChI=1S/C16H15N5OS.2ClH/c17-12-4-6-23-14-7-9(1-2-10(12)14)16(22)20-13-3-5-18-15-11(13)8-19-21-15;;/h1-3,5,7-8,12H,4,6,17H2,(H2,18,19,20,21,22);2*1H/t12-;;/m0../s1. The molecule has 0 saturated carbocycles. The number of nitrogens with one attached hydrogen (secondary N) is 2. The van der Waals surface area contributed by atoms with Crippen LogP contribution in [0.2, 0.25) is 0 Å².